The summed E-state index contributed by atoms with van der Waals surface area (Å²) in [7, 11) is 0. The quantitative estimate of drug-likeness (QED) is 0.654. The molecule has 0 aliphatic heterocycles. The van der Waals surface area contributed by atoms with E-state index in [4.69, 9.17) is 23.2 Å². The van der Waals surface area contributed by atoms with Crippen molar-refractivity contribution in [2.45, 2.75) is 0 Å². The molecule has 0 radical (unpaired) electrons. The second kappa shape index (κ2) is 5.56. The summed E-state index contributed by atoms with van der Waals surface area (Å²) in [5.74, 6) is 0. The van der Waals surface area contributed by atoms with Crippen molar-refractivity contribution in [1.82, 2.24) is 10.2 Å². The maximum absolute atomic E-state index is 5.98. The highest BCUT2D eigenvalue weighted by molar-refractivity contribution is 9.10. The Hall–Kier alpha value is -1.36. The molecule has 3 rings (SSSR count). The van der Waals surface area contributed by atoms with Crippen molar-refractivity contribution in [2.24, 2.45) is 0 Å². The number of fused-ring (bicyclic) bond motifs is 1. The molecule has 1 N–H and O–H groups in total. The van der Waals surface area contributed by atoms with Gasteiger partial charge in [0, 0.05) is 16.2 Å². The van der Waals surface area contributed by atoms with Crippen LogP contribution in [0.15, 0.2) is 46.9 Å². The van der Waals surface area contributed by atoms with E-state index >= 15 is 0 Å². The standard InChI is InChI=1S/C14H8BrCl2N3/c15-10-3-1-9-6-11(4-2-8(9)5-10)18-12-7-13(16)19-20-14(12)17/h1-7H,(H,18,19). The molecule has 1 aromatic heterocycles. The lowest BCUT2D eigenvalue weighted by atomic mass is 10.1. The highest BCUT2D eigenvalue weighted by atomic mass is 79.9. The number of benzene rings is 2. The molecular weight excluding hydrogens is 361 g/mol. The Morgan fingerprint density at radius 2 is 1.65 bits per heavy atom. The van der Waals surface area contributed by atoms with E-state index in [1.807, 2.05) is 30.3 Å². The molecule has 0 amide bonds. The minimum atomic E-state index is 0.283. The Morgan fingerprint density at radius 3 is 2.50 bits per heavy atom. The average molecular weight is 369 g/mol. The summed E-state index contributed by atoms with van der Waals surface area (Å²) in [6.45, 7) is 0. The number of halogens is 3. The van der Waals surface area contributed by atoms with Crippen molar-refractivity contribution < 1.29 is 0 Å². The molecule has 0 bridgehead atoms. The molecule has 3 aromatic rings. The predicted octanol–water partition coefficient (Wildman–Crippen LogP) is 5.44. The van der Waals surface area contributed by atoms with Gasteiger partial charge in [0.05, 0.1) is 5.69 Å². The fourth-order valence-corrected chi connectivity index (χ4v) is 2.56. The van der Waals surface area contributed by atoms with Crippen LogP contribution in [0, 0.1) is 0 Å². The van der Waals surface area contributed by atoms with Gasteiger partial charge in [-0.2, -0.15) is 0 Å². The van der Waals surface area contributed by atoms with E-state index in [9.17, 15) is 0 Å². The molecule has 6 heteroatoms. The van der Waals surface area contributed by atoms with Crippen molar-refractivity contribution >= 4 is 61.3 Å². The van der Waals surface area contributed by atoms with E-state index in [2.05, 4.69) is 37.5 Å². The molecule has 0 spiro atoms. The largest absolute Gasteiger partial charge is 0.353 e. The van der Waals surface area contributed by atoms with Crippen molar-refractivity contribution in [3.63, 3.8) is 0 Å². The molecule has 0 unspecified atom stereocenters. The number of aromatic nitrogens is 2. The molecule has 0 saturated heterocycles. The van der Waals surface area contributed by atoms with E-state index in [-0.39, 0.29) is 5.15 Å². The normalized spacial score (nSPS) is 10.8. The summed E-state index contributed by atoms with van der Waals surface area (Å²) in [6.07, 6.45) is 0. The Bertz CT molecular complexity index is 792. The first-order valence-electron chi connectivity index (χ1n) is 5.77. The van der Waals surface area contributed by atoms with E-state index in [0.29, 0.717) is 10.8 Å². The number of anilines is 2. The maximum atomic E-state index is 5.98. The zero-order valence-corrected chi connectivity index (χ0v) is 13.2. The van der Waals surface area contributed by atoms with Gasteiger partial charge in [0.2, 0.25) is 0 Å². The summed E-state index contributed by atoms with van der Waals surface area (Å²) < 4.78 is 1.05. The maximum Gasteiger partial charge on any atom is 0.175 e. The van der Waals surface area contributed by atoms with Crippen LogP contribution in [0.3, 0.4) is 0 Å². The zero-order chi connectivity index (χ0) is 14.1. The Balaban J connectivity index is 1.98. The van der Waals surface area contributed by atoms with Crippen LogP contribution in [0.1, 0.15) is 0 Å². The van der Waals surface area contributed by atoms with Crippen LogP contribution in [0.4, 0.5) is 11.4 Å². The Morgan fingerprint density at radius 1 is 0.900 bits per heavy atom. The molecule has 0 fully saturated rings. The predicted molar refractivity (Wildman–Crippen MR) is 87.0 cm³/mol. The van der Waals surface area contributed by atoms with Crippen molar-refractivity contribution in [3.8, 4) is 0 Å². The van der Waals surface area contributed by atoms with Crippen LogP contribution in [-0.2, 0) is 0 Å². The third-order valence-electron chi connectivity index (χ3n) is 2.80. The molecule has 0 saturated carbocycles. The Kier molecular flexibility index (Phi) is 3.78. The first-order chi connectivity index (χ1) is 9.61. The molecule has 0 aliphatic carbocycles. The molecule has 1 heterocycles. The van der Waals surface area contributed by atoms with Gasteiger partial charge in [0.1, 0.15) is 0 Å². The second-order valence-electron chi connectivity index (χ2n) is 4.20. The van der Waals surface area contributed by atoms with Crippen molar-refractivity contribution in [1.29, 1.82) is 0 Å². The van der Waals surface area contributed by atoms with E-state index in [0.717, 1.165) is 20.9 Å². The Labute approximate surface area is 134 Å². The molecule has 0 aliphatic rings. The highest BCUT2D eigenvalue weighted by Gasteiger charge is 2.05. The molecule has 100 valence electrons. The minimum absolute atomic E-state index is 0.283. The molecule has 2 aromatic carbocycles. The van der Waals surface area contributed by atoms with Gasteiger partial charge >= 0.3 is 0 Å². The third-order valence-corrected chi connectivity index (χ3v) is 3.76. The van der Waals surface area contributed by atoms with Crippen LogP contribution in [0.25, 0.3) is 10.8 Å². The van der Waals surface area contributed by atoms with E-state index in [1.54, 1.807) is 6.07 Å². The highest BCUT2D eigenvalue weighted by Crippen LogP contribution is 2.28. The number of nitrogens with zero attached hydrogens (tertiary/aromatic N) is 2. The number of rotatable bonds is 2. The van der Waals surface area contributed by atoms with Gasteiger partial charge in [0.15, 0.2) is 10.3 Å². The smallest absolute Gasteiger partial charge is 0.175 e. The van der Waals surface area contributed by atoms with E-state index in [1.165, 1.54) is 0 Å². The summed E-state index contributed by atoms with van der Waals surface area (Å²) in [4.78, 5) is 0. The van der Waals surface area contributed by atoms with E-state index < -0.39 is 0 Å². The third kappa shape index (κ3) is 2.87. The van der Waals surface area contributed by atoms with Crippen LogP contribution < -0.4 is 5.32 Å². The first-order valence-corrected chi connectivity index (χ1v) is 7.32. The van der Waals surface area contributed by atoms with Crippen molar-refractivity contribution in [3.05, 3.63) is 57.2 Å². The molecular formula is C14H8BrCl2N3. The summed E-state index contributed by atoms with van der Waals surface area (Å²) in [5.41, 5.74) is 1.54. The summed E-state index contributed by atoms with van der Waals surface area (Å²) >= 11 is 15.3. The number of hydrogen-bond acceptors (Lipinski definition) is 3. The van der Waals surface area contributed by atoms with Crippen LogP contribution >= 0.6 is 39.1 Å². The fraction of sp³-hybridized carbons (Fsp3) is 0. The second-order valence-corrected chi connectivity index (χ2v) is 5.86. The fourth-order valence-electron chi connectivity index (χ4n) is 1.89. The monoisotopic (exact) mass is 367 g/mol. The van der Waals surface area contributed by atoms with Gasteiger partial charge in [-0.1, -0.05) is 51.3 Å². The lowest BCUT2D eigenvalue weighted by Crippen LogP contribution is -1.94. The first kappa shape index (κ1) is 13.6. The SMILES string of the molecule is Clc1cc(Nc2ccc3cc(Br)ccc3c2)c(Cl)nn1. The van der Waals surface area contributed by atoms with Crippen LogP contribution in [0.5, 0.6) is 0 Å². The lowest BCUT2D eigenvalue weighted by molar-refractivity contribution is 1.03. The summed E-state index contributed by atoms with van der Waals surface area (Å²) in [5, 5.41) is 13.5. The van der Waals surface area contributed by atoms with Gasteiger partial charge in [-0.15, -0.1) is 10.2 Å². The number of nitrogens with one attached hydrogen (secondary N) is 1. The topological polar surface area (TPSA) is 37.8 Å². The molecule has 20 heavy (non-hydrogen) atoms. The summed E-state index contributed by atoms with van der Waals surface area (Å²) in [6, 6.07) is 13.8. The molecule has 0 atom stereocenters. The lowest BCUT2D eigenvalue weighted by Gasteiger charge is -2.09. The van der Waals surface area contributed by atoms with Crippen LogP contribution in [0.2, 0.25) is 10.3 Å². The minimum Gasteiger partial charge on any atom is -0.353 e. The average Bonchev–Trinajstić information content (AvgIpc) is 2.43. The van der Waals surface area contributed by atoms with Gasteiger partial charge in [-0.25, -0.2) is 0 Å². The number of hydrogen-bond donors (Lipinski definition) is 1. The zero-order valence-electron chi connectivity index (χ0n) is 10.1. The van der Waals surface area contributed by atoms with Gasteiger partial charge in [0.25, 0.3) is 0 Å². The van der Waals surface area contributed by atoms with Gasteiger partial charge in [-0.3, -0.25) is 0 Å². The van der Waals surface area contributed by atoms with Gasteiger partial charge < -0.3 is 5.32 Å². The molecule has 3 nitrogen and oxygen atoms in total. The van der Waals surface area contributed by atoms with Gasteiger partial charge in [-0.05, 0) is 35.0 Å². The van der Waals surface area contributed by atoms with Crippen molar-refractivity contribution in [2.75, 3.05) is 5.32 Å². The van der Waals surface area contributed by atoms with Crippen LogP contribution in [-0.4, -0.2) is 10.2 Å².